The van der Waals surface area contributed by atoms with Gasteiger partial charge in [0.2, 0.25) is 0 Å². The van der Waals surface area contributed by atoms with Crippen LogP contribution in [0.15, 0.2) is 36.7 Å². The van der Waals surface area contributed by atoms with E-state index in [2.05, 4.69) is 15.7 Å². The summed E-state index contributed by atoms with van der Waals surface area (Å²) in [6.45, 7) is 3.76. The average Bonchev–Trinajstić information content (AvgIpc) is 2.92. The summed E-state index contributed by atoms with van der Waals surface area (Å²) in [7, 11) is 0. The van der Waals surface area contributed by atoms with Crippen molar-refractivity contribution in [2.75, 3.05) is 23.7 Å². The normalized spacial score (nSPS) is 10.2. The minimum absolute atomic E-state index is 0.0785. The monoisotopic (exact) mass is 275 g/mol. The van der Waals surface area contributed by atoms with Crippen LogP contribution < -0.4 is 10.6 Å². The molecule has 2 aromatic rings. The molecule has 1 aromatic carbocycles. The molecule has 1 aromatic heterocycles. The topological polar surface area (TPSA) is 85.0 Å². The average molecular weight is 275 g/mol. The molecule has 0 fully saturated rings. The Labute approximate surface area is 116 Å². The van der Waals surface area contributed by atoms with Crippen molar-refractivity contribution in [1.29, 1.82) is 0 Å². The fraction of sp³-hybridized carbons (Fsp3) is 0.308. The molecular formula is C13H17N5O2. The number of nitro groups is 1. The van der Waals surface area contributed by atoms with Crippen LogP contribution in [-0.4, -0.2) is 27.8 Å². The Kier molecular flexibility index (Phi) is 4.54. The lowest BCUT2D eigenvalue weighted by molar-refractivity contribution is -0.383. The van der Waals surface area contributed by atoms with Crippen molar-refractivity contribution in [1.82, 2.24) is 9.78 Å². The van der Waals surface area contributed by atoms with Crippen LogP contribution >= 0.6 is 0 Å². The Hall–Kier alpha value is -2.57. The number of nitrogens with zero attached hydrogens (tertiary/aromatic N) is 3. The van der Waals surface area contributed by atoms with E-state index in [1.54, 1.807) is 29.1 Å². The number of nitrogens with one attached hydrogen (secondary N) is 2. The summed E-state index contributed by atoms with van der Waals surface area (Å²) in [6, 6.07) is 7.05. The number of rotatable bonds is 7. The Morgan fingerprint density at radius 2 is 2.05 bits per heavy atom. The smallest absolute Gasteiger partial charge is 0.315 e. The van der Waals surface area contributed by atoms with Crippen LogP contribution in [0.4, 0.5) is 17.1 Å². The highest BCUT2D eigenvalue weighted by Gasteiger charge is 2.18. The van der Waals surface area contributed by atoms with Crippen molar-refractivity contribution >= 4 is 17.1 Å². The van der Waals surface area contributed by atoms with E-state index in [0.29, 0.717) is 31.0 Å². The summed E-state index contributed by atoms with van der Waals surface area (Å²) in [5.41, 5.74) is 1.12. The number of hydrogen-bond acceptors (Lipinski definition) is 5. The molecule has 0 bridgehead atoms. The first-order chi connectivity index (χ1) is 9.72. The van der Waals surface area contributed by atoms with E-state index in [4.69, 9.17) is 0 Å². The van der Waals surface area contributed by atoms with Crippen molar-refractivity contribution in [2.45, 2.75) is 13.5 Å². The van der Waals surface area contributed by atoms with Gasteiger partial charge in [-0.15, -0.1) is 0 Å². The fourth-order valence-electron chi connectivity index (χ4n) is 1.95. The summed E-state index contributed by atoms with van der Waals surface area (Å²) in [5, 5.41) is 21.4. The lowest BCUT2D eigenvalue weighted by Crippen LogP contribution is -2.12. The zero-order valence-corrected chi connectivity index (χ0v) is 11.2. The van der Waals surface area contributed by atoms with E-state index >= 15 is 0 Å². The van der Waals surface area contributed by atoms with Crippen LogP contribution in [0, 0.1) is 10.1 Å². The van der Waals surface area contributed by atoms with Crippen LogP contribution in [0.2, 0.25) is 0 Å². The van der Waals surface area contributed by atoms with Crippen molar-refractivity contribution < 1.29 is 4.92 Å². The fourth-order valence-corrected chi connectivity index (χ4v) is 1.95. The molecule has 7 nitrogen and oxygen atoms in total. The van der Waals surface area contributed by atoms with Gasteiger partial charge in [-0.05, 0) is 25.1 Å². The molecule has 0 amide bonds. The van der Waals surface area contributed by atoms with Crippen molar-refractivity contribution in [3.05, 3.63) is 46.8 Å². The summed E-state index contributed by atoms with van der Waals surface area (Å²) in [6.07, 6.45) is 3.55. The minimum Gasteiger partial charge on any atom is -0.380 e. The maximum Gasteiger partial charge on any atom is 0.315 e. The molecule has 1 heterocycles. The third kappa shape index (κ3) is 3.25. The first kappa shape index (κ1) is 13.9. The first-order valence-electron chi connectivity index (χ1n) is 6.45. The predicted molar refractivity (Wildman–Crippen MR) is 78.0 cm³/mol. The number of hydrogen-bond donors (Lipinski definition) is 2. The van der Waals surface area contributed by atoms with E-state index in [9.17, 15) is 10.1 Å². The van der Waals surface area contributed by atoms with Crippen molar-refractivity contribution in [3.8, 4) is 0 Å². The molecule has 7 heteroatoms. The molecule has 0 aliphatic heterocycles. The maximum absolute atomic E-state index is 11.2. The lowest BCUT2D eigenvalue weighted by atomic mass is 10.2. The zero-order chi connectivity index (χ0) is 14.4. The van der Waals surface area contributed by atoms with E-state index in [1.807, 2.05) is 19.2 Å². The molecule has 106 valence electrons. The van der Waals surface area contributed by atoms with E-state index in [1.165, 1.54) is 0 Å². The summed E-state index contributed by atoms with van der Waals surface area (Å²) >= 11 is 0. The number of aromatic nitrogens is 2. The molecule has 0 radical (unpaired) electrons. The van der Waals surface area contributed by atoms with Crippen LogP contribution in [-0.2, 0) is 6.54 Å². The second kappa shape index (κ2) is 6.55. The molecular weight excluding hydrogens is 258 g/mol. The highest BCUT2D eigenvalue weighted by Crippen LogP contribution is 2.32. The van der Waals surface area contributed by atoms with Gasteiger partial charge in [-0.25, -0.2) is 0 Å². The number of para-hydroxylation sites is 1. The Balaban J connectivity index is 2.09. The molecule has 0 aliphatic carbocycles. The van der Waals surface area contributed by atoms with Crippen LogP contribution in [0.25, 0.3) is 0 Å². The number of anilines is 2. The number of nitro benzene ring substituents is 1. The van der Waals surface area contributed by atoms with Gasteiger partial charge in [0.05, 0.1) is 11.5 Å². The van der Waals surface area contributed by atoms with Gasteiger partial charge >= 0.3 is 5.69 Å². The van der Waals surface area contributed by atoms with Gasteiger partial charge in [-0.3, -0.25) is 14.8 Å². The molecule has 0 atom stereocenters. The summed E-state index contributed by atoms with van der Waals surface area (Å²) in [5.74, 6) is 0. The number of benzene rings is 1. The molecule has 0 saturated heterocycles. The van der Waals surface area contributed by atoms with Gasteiger partial charge in [0.25, 0.3) is 0 Å². The van der Waals surface area contributed by atoms with Gasteiger partial charge in [0, 0.05) is 25.5 Å². The van der Waals surface area contributed by atoms with Gasteiger partial charge in [0.15, 0.2) is 0 Å². The predicted octanol–water partition coefficient (Wildman–Crippen LogP) is 2.34. The third-order valence-corrected chi connectivity index (χ3v) is 2.80. The van der Waals surface area contributed by atoms with Crippen LogP contribution in [0.5, 0.6) is 0 Å². The third-order valence-electron chi connectivity index (χ3n) is 2.80. The van der Waals surface area contributed by atoms with Gasteiger partial charge in [0.1, 0.15) is 11.4 Å². The second-order valence-corrected chi connectivity index (χ2v) is 4.19. The molecule has 2 rings (SSSR count). The molecule has 0 unspecified atom stereocenters. The van der Waals surface area contributed by atoms with Crippen LogP contribution in [0.1, 0.15) is 6.92 Å². The lowest BCUT2D eigenvalue weighted by Gasteiger charge is -2.10. The molecule has 0 saturated carbocycles. The van der Waals surface area contributed by atoms with E-state index < -0.39 is 0 Å². The maximum atomic E-state index is 11.2. The van der Waals surface area contributed by atoms with Gasteiger partial charge in [-0.1, -0.05) is 6.07 Å². The van der Waals surface area contributed by atoms with Gasteiger partial charge in [-0.2, -0.15) is 5.10 Å². The van der Waals surface area contributed by atoms with E-state index in [0.717, 1.165) is 0 Å². The molecule has 0 aliphatic rings. The highest BCUT2D eigenvalue weighted by molar-refractivity contribution is 5.76. The molecule has 2 N–H and O–H groups in total. The Morgan fingerprint density at radius 3 is 2.65 bits per heavy atom. The summed E-state index contributed by atoms with van der Waals surface area (Å²) in [4.78, 5) is 10.9. The summed E-state index contributed by atoms with van der Waals surface area (Å²) < 4.78 is 1.77. The first-order valence-corrected chi connectivity index (χ1v) is 6.45. The molecule has 20 heavy (non-hydrogen) atoms. The van der Waals surface area contributed by atoms with Gasteiger partial charge < -0.3 is 10.6 Å². The zero-order valence-electron chi connectivity index (χ0n) is 11.2. The Morgan fingerprint density at radius 1 is 1.30 bits per heavy atom. The quantitative estimate of drug-likeness (QED) is 0.598. The second-order valence-electron chi connectivity index (χ2n) is 4.19. The molecule has 0 spiro atoms. The SMILES string of the molecule is CCNc1cccc(NCCn2cccn2)c1[N+](=O)[O-]. The van der Waals surface area contributed by atoms with Crippen molar-refractivity contribution in [3.63, 3.8) is 0 Å². The van der Waals surface area contributed by atoms with Crippen LogP contribution in [0.3, 0.4) is 0 Å². The largest absolute Gasteiger partial charge is 0.380 e. The Bertz CT molecular complexity index is 568. The minimum atomic E-state index is -0.367. The van der Waals surface area contributed by atoms with Crippen molar-refractivity contribution in [2.24, 2.45) is 0 Å². The van der Waals surface area contributed by atoms with E-state index in [-0.39, 0.29) is 10.6 Å². The standard InChI is InChI=1S/C13H17N5O2/c1-2-14-11-5-3-6-12(13(11)18(19)20)15-8-10-17-9-4-7-16-17/h3-7,9,14-15H,2,8,10H2,1H3. The highest BCUT2D eigenvalue weighted by atomic mass is 16.6.